The predicted molar refractivity (Wildman–Crippen MR) is 148 cm³/mol. The Kier molecular flexibility index (Phi) is 4.93. The van der Waals surface area contributed by atoms with Crippen molar-refractivity contribution in [2.75, 3.05) is 0 Å². The number of ether oxygens (including phenoxy) is 1. The third-order valence-corrected chi connectivity index (χ3v) is 7.73. The van der Waals surface area contributed by atoms with Gasteiger partial charge in [0.25, 0.3) is 0 Å². The van der Waals surface area contributed by atoms with Crippen LogP contribution >= 0.6 is 0 Å². The fourth-order valence-corrected chi connectivity index (χ4v) is 5.95. The summed E-state index contributed by atoms with van der Waals surface area (Å²) in [5, 5.41) is 7.69. The molecule has 5 aromatic rings. The van der Waals surface area contributed by atoms with Crippen molar-refractivity contribution in [2.45, 2.75) is 53.9 Å². The van der Waals surface area contributed by atoms with E-state index in [9.17, 15) is 0 Å². The fraction of sp³-hybridized carbons (Fsp3) is 0.303. The summed E-state index contributed by atoms with van der Waals surface area (Å²) in [5.41, 5.74) is 7.80. The molecule has 1 aliphatic heterocycles. The van der Waals surface area contributed by atoms with Crippen LogP contribution in [0.4, 0.5) is 0 Å². The largest absolute Gasteiger partial charge is 0.455 e. The molecule has 0 spiro atoms. The number of pyridine rings is 1. The lowest BCUT2D eigenvalue weighted by molar-refractivity contribution is -0.659. The van der Waals surface area contributed by atoms with Gasteiger partial charge in [-0.05, 0) is 70.8 Å². The Morgan fingerprint density at radius 1 is 0.829 bits per heavy atom. The van der Waals surface area contributed by atoms with Crippen LogP contribution < -0.4 is 9.30 Å². The minimum absolute atomic E-state index is 0.493. The second kappa shape index (κ2) is 7.81. The highest BCUT2D eigenvalue weighted by atomic mass is 16.5. The van der Waals surface area contributed by atoms with Crippen molar-refractivity contribution in [1.29, 1.82) is 0 Å². The number of aromatic nitrogens is 1. The average molecular weight is 461 g/mol. The van der Waals surface area contributed by atoms with Gasteiger partial charge in [0.1, 0.15) is 18.5 Å². The molecular weight excluding hydrogens is 426 g/mol. The zero-order chi connectivity index (χ0) is 24.6. The molecule has 4 aromatic carbocycles. The zero-order valence-corrected chi connectivity index (χ0v) is 21.9. The van der Waals surface area contributed by atoms with Gasteiger partial charge in [0.15, 0.2) is 6.20 Å². The summed E-state index contributed by atoms with van der Waals surface area (Å²) in [6, 6.07) is 18.3. The molecule has 2 heterocycles. The van der Waals surface area contributed by atoms with E-state index in [0.717, 1.165) is 17.9 Å². The van der Waals surface area contributed by atoms with Gasteiger partial charge >= 0.3 is 0 Å². The minimum atomic E-state index is 0.493. The molecule has 176 valence electrons. The van der Waals surface area contributed by atoms with E-state index < -0.39 is 0 Å². The van der Waals surface area contributed by atoms with Crippen LogP contribution in [0, 0.1) is 19.8 Å². The molecule has 0 unspecified atom stereocenters. The molecule has 0 aliphatic carbocycles. The summed E-state index contributed by atoms with van der Waals surface area (Å²) >= 11 is 0. The Morgan fingerprint density at radius 3 is 2.34 bits per heavy atom. The molecule has 0 atom stereocenters. The van der Waals surface area contributed by atoms with E-state index >= 15 is 0 Å². The molecule has 0 amide bonds. The second-order valence-electron chi connectivity index (χ2n) is 11.1. The summed E-state index contributed by atoms with van der Waals surface area (Å²) in [7, 11) is 2.17. The maximum Gasteiger partial charge on any atom is 0.228 e. The van der Waals surface area contributed by atoms with Gasteiger partial charge in [0.2, 0.25) is 5.69 Å². The summed E-state index contributed by atoms with van der Waals surface area (Å²) in [4.78, 5) is 0. The molecule has 6 rings (SSSR count). The van der Waals surface area contributed by atoms with E-state index in [0.29, 0.717) is 11.8 Å². The molecule has 0 radical (unpaired) electrons. The van der Waals surface area contributed by atoms with Crippen molar-refractivity contribution in [3.8, 4) is 22.8 Å². The Labute approximate surface area is 208 Å². The highest BCUT2D eigenvalue weighted by Gasteiger charge is 2.33. The lowest BCUT2D eigenvalue weighted by Gasteiger charge is -2.26. The van der Waals surface area contributed by atoms with Crippen LogP contribution in [-0.4, -0.2) is 0 Å². The van der Waals surface area contributed by atoms with E-state index in [1.165, 1.54) is 65.8 Å². The molecule has 0 bridgehead atoms. The maximum absolute atomic E-state index is 6.95. The van der Waals surface area contributed by atoms with Gasteiger partial charge in [-0.15, -0.1) is 0 Å². The number of hydrogen-bond acceptors (Lipinski definition) is 1. The normalized spacial score (nSPS) is 12.7. The van der Waals surface area contributed by atoms with Gasteiger partial charge in [0, 0.05) is 17.0 Å². The number of nitrogens with zero attached hydrogens (tertiary/aromatic N) is 1. The second-order valence-corrected chi connectivity index (χ2v) is 11.1. The van der Waals surface area contributed by atoms with E-state index in [4.69, 9.17) is 4.74 Å². The molecular formula is C33H34NO+. The van der Waals surface area contributed by atoms with Crippen molar-refractivity contribution >= 4 is 32.3 Å². The van der Waals surface area contributed by atoms with Gasteiger partial charge in [-0.2, -0.15) is 0 Å². The molecule has 0 saturated carbocycles. The molecule has 2 nitrogen and oxygen atoms in total. The Balaban J connectivity index is 1.78. The van der Waals surface area contributed by atoms with Gasteiger partial charge in [-0.1, -0.05) is 69.7 Å². The molecule has 1 aliphatic rings. The van der Waals surface area contributed by atoms with Gasteiger partial charge in [-0.25, -0.2) is 4.57 Å². The molecule has 0 N–H and O–H groups in total. The monoisotopic (exact) mass is 460 g/mol. The van der Waals surface area contributed by atoms with Crippen LogP contribution in [0.15, 0.2) is 54.7 Å². The number of rotatable bonds is 3. The Hall–Kier alpha value is -3.39. The van der Waals surface area contributed by atoms with Crippen LogP contribution in [0.1, 0.15) is 55.9 Å². The molecule has 0 fully saturated rings. The first-order valence-electron chi connectivity index (χ1n) is 12.9. The van der Waals surface area contributed by atoms with E-state index in [2.05, 4.69) is 108 Å². The number of aryl methyl sites for hydroxylation is 3. The van der Waals surface area contributed by atoms with Gasteiger partial charge in [-0.3, -0.25) is 0 Å². The average Bonchev–Trinajstić information content (AvgIpc) is 2.82. The molecule has 2 heteroatoms. The highest BCUT2D eigenvalue weighted by Crippen LogP contribution is 2.52. The Bertz CT molecular complexity index is 1670. The van der Waals surface area contributed by atoms with E-state index in [1.807, 2.05) is 0 Å². The first-order valence-corrected chi connectivity index (χ1v) is 12.9. The smallest absolute Gasteiger partial charge is 0.228 e. The number of hydrogen-bond donors (Lipinski definition) is 0. The van der Waals surface area contributed by atoms with Crippen molar-refractivity contribution in [3.05, 3.63) is 77.0 Å². The van der Waals surface area contributed by atoms with Crippen LogP contribution in [0.2, 0.25) is 0 Å². The third-order valence-electron chi connectivity index (χ3n) is 7.73. The fourth-order valence-electron chi connectivity index (χ4n) is 5.95. The molecule has 0 saturated heterocycles. The molecule has 35 heavy (non-hydrogen) atoms. The van der Waals surface area contributed by atoms with E-state index in [-0.39, 0.29) is 0 Å². The van der Waals surface area contributed by atoms with E-state index in [1.54, 1.807) is 0 Å². The van der Waals surface area contributed by atoms with Crippen LogP contribution in [0.25, 0.3) is 43.6 Å². The van der Waals surface area contributed by atoms with Crippen LogP contribution in [0.5, 0.6) is 11.5 Å². The first-order chi connectivity index (χ1) is 16.7. The molecule has 1 aromatic heterocycles. The van der Waals surface area contributed by atoms with Gasteiger partial charge in [0.05, 0.1) is 10.9 Å². The first kappa shape index (κ1) is 22.1. The van der Waals surface area contributed by atoms with Crippen molar-refractivity contribution in [1.82, 2.24) is 0 Å². The zero-order valence-electron chi connectivity index (χ0n) is 21.9. The SMILES string of the molecule is Cc1ccc2c(CC(C)C)c3c(c(C)c2c1)-c1c2c(cc4cc(C(C)C)ccc4c2cc[n+]1C)O3. The van der Waals surface area contributed by atoms with Crippen molar-refractivity contribution in [2.24, 2.45) is 13.0 Å². The van der Waals surface area contributed by atoms with Crippen molar-refractivity contribution < 1.29 is 9.30 Å². The van der Waals surface area contributed by atoms with Crippen LogP contribution in [-0.2, 0) is 13.5 Å². The minimum Gasteiger partial charge on any atom is -0.455 e. The summed E-state index contributed by atoms with van der Waals surface area (Å²) < 4.78 is 9.24. The maximum atomic E-state index is 6.95. The highest BCUT2D eigenvalue weighted by molar-refractivity contribution is 6.16. The number of benzene rings is 4. The number of fused-ring (bicyclic) bond motifs is 5. The lowest BCUT2D eigenvalue weighted by Crippen LogP contribution is -2.32. The quantitative estimate of drug-likeness (QED) is 0.190. The lowest BCUT2D eigenvalue weighted by atomic mass is 9.85. The van der Waals surface area contributed by atoms with Crippen molar-refractivity contribution in [3.63, 3.8) is 0 Å². The third kappa shape index (κ3) is 3.26. The van der Waals surface area contributed by atoms with Gasteiger partial charge < -0.3 is 4.74 Å². The predicted octanol–water partition coefficient (Wildman–Crippen LogP) is 8.68. The summed E-state index contributed by atoms with van der Waals surface area (Å²) in [6.45, 7) is 13.6. The summed E-state index contributed by atoms with van der Waals surface area (Å²) in [5.74, 6) is 3.05. The Morgan fingerprint density at radius 2 is 1.60 bits per heavy atom. The summed E-state index contributed by atoms with van der Waals surface area (Å²) in [6.07, 6.45) is 3.20. The van der Waals surface area contributed by atoms with Crippen LogP contribution in [0.3, 0.4) is 0 Å². The standard InChI is InChI=1S/C33H34NO/c1-18(2)14-28-25-10-8-20(5)15-27(25)21(6)30-32-31-26(12-13-34(32)7)24-11-9-22(19(3)4)16-23(24)17-29(31)35-33(28)30/h8-13,15-19H,14H2,1-7H3/q+1. The topological polar surface area (TPSA) is 13.1 Å².